The molecular weight excluding hydrogens is 194 g/mol. The molecule has 0 unspecified atom stereocenters. The summed E-state index contributed by atoms with van der Waals surface area (Å²) in [6.45, 7) is 3.91. The fourth-order valence-electron chi connectivity index (χ4n) is 1.22. The Hall–Kier alpha value is -1.58. The van der Waals surface area contributed by atoms with Gasteiger partial charge in [0, 0.05) is 25.0 Å². The quantitative estimate of drug-likeness (QED) is 0.424. The van der Waals surface area contributed by atoms with Crippen molar-refractivity contribution in [2.24, 2.45) is 0 Å². The normalized spacial score (nSPS) is 10.0. The largest absolute Gasteiger partial charge is 0.619 e. The molecule has 0 saturated heterocycles. The fraction of sp³-hybridized carbons (Fsp3) is 0.455. The summed E-state index contributed by atoms with van der Waals surface area (Å²) in [5.41, 5.74) is 1.50. The minimum atomic E-state index is -0.226. The van der Waals surface area contributed by atoms with E-state index in [1.54, 1.807) is 19.9 Å². The molecule has 0 spiro atoms. The lowest BCUT2D eigenvalue weighted by Crippen LogP contribution is -2.29. The monoisotopic (exact) mass is 209 g/mol. The molecule has 1 rings (SSSR count). The molecule has 1 aromatic rings. The van der Waals surface area contributed by atoms with E-state index >= 15 is 0 Å². The number of pyridine rings is 1. The Morgan fingerprint density at radius 3 is 2.87 bits per heavy atom. The molecule has 0 aromatic carbocycles. The fourth-order valence-corrected chi connectivity index (χ4v) is 1.22. The molecule has 0 aliphatic heterocycles. The molecule has 0 radical (unpaired) electrons. The molecule has 0 aliphatic rings. The van der Waals surface area contributed by atoms with Crippen LogP contribution in [0.1, 0.15) is 24.6 Å². The first-order valence-electron chi connectivity index (χ1n) is 4.97. The summed E-state index contributed by atoms with van der Waals surface area (Å²) in [6, 6.07) is 3.59. The molecule has 0 aliphatic carbocycles. The van der Waals surface area contributed by atoms with Crippen molar-refractivity contribution in [2.75, 3.05) is 6.61 Å². The van der Waals surface area contributed by atoms with E-state index in [0.29, 0.717) is 25.1 Å². The summed E-state index contributed by atoms with van der Waals surface area (Å²) in [6.07, 6.45) is 2.35. The van der Waals surface area contributed by atoms with E-state index in [1.807, 2.05) is 6.07 Å². The van der Waals surface area contributed by atoms with Crippen LogP contribution in [0.25, 0.3) is 0 Å². The van der Waals surface area contributed by atoms with Crippen LogP contribution in [0.3, 0.4) is 0 Å². The van der Waals surface area contributed by atoms with Crippen LogP contribution in [-0.2, 0) is 16.0 Å². The minimum Gasteiger partial charge on any atom is -0.619 e. The number of esters is 1. The second kappa shape index (κ2) is 5.34. The molecule has 0 saturated carbocycles. The van der Waals surface area contributed by atoms with E-state index in [2.05, 4.69) is 0 Å². The van der Waals surface area contributed by atoms with E-state index in [-0.39, 0.29) is 5.97 Å². The number of aromatic nitrogens is 1. The zero-order valence-electron chi connectivity index (χ0n) is 9.03. The van der Waals surface area contributed by atoms with E-state index in [0.717, 1.165) is 10.3 Å². The van der Waals surface area contributed by atoms with Crippen molar-refractivity contribution in [3.05, 3.63) is 34.8 Å². The molecule has 0 atom stereocenters. The van der Waals surface area contributed by atoms with Gasteiger partial charge in [-0.15, -0.1) is 0 Å². The van der Waals surface area contributed by atoms with Gasteiger partial charge in [0.15, 0.2) is 11.9 Å². The highest BCUT2D eigenvalue weighted by atomic mass is 16.5. The first kappa shape index (κ1) is 11.5. The van der Waals surface area contributed by atoms with Gasteiger partial charge in [0.1, 0.15) is 0 Å². The highest BCUT2D eigenvalue weighted by Gasteiger charge is 2.05. The maximum atomic E-state index is 11.2. The van der Waals surface area contributed by atoms with Crippen LogP contribution in [-0.4, -0.2) is 12.6 Å². The van der Waals surface area contributed by atoms with Crippen LogP contribution in [0, 0.1) is 12.1 Å². The van der Waals surface area contributed by atoms with Gasteiger partial charge < -0.3 is 9.94 Å². The molecular formula is C11H15NO3. The average Bonchev–Trinajstić information content (AvgIpc) is 2.20. The maximum Gasteiger partial charge on any atom is 0.306 e. The number of hydrogen-bond donors (Lipinski definition) is 0. The van der Waals surface area contributed by atoms with Gasteiger partial charge in [-0.25, -0.2) is 0 Å². The predicted molar refractivity (Wildman–Crippen MR) is 55.1 cm³/mol. The van der Waals surface area contributed by atoms with Crippen molar-refractivity contribution in [3.63, 3.8) is 0 Å². The molecule has 0 N–H and O–H groups in total. The van der Waals surface area contributed by atoms with Crippen LogP contribution in [0.15, 0.2) is 18.3 Å². The minimum absolute atomic E-state index is 0.226. The molecule has 1 heterocycles. The second-order valence-corrected chi connectivity index (χ2v) is 3.31. The first-order chi connectivity index (χ1) is 7.13. The summed E-state index contributed by atoms with van der Waals surface area (Å²) in [5.74, 6) is -0.226. The molecule has 0 amide bonds. The number of aryl methyl sites for hydroxylation is 2. The van der Waals surface area contributed by atoms with Crippen LogP contribution in [0.2, 0.25) is 0 Å². The Bertz CT molecular complexity index is 350. The first-order valence-corrected chi connectivity index (χ1v) is 4.97. The second-order valence-electron chi connectivity index (χ2n) is 3.31. The van der Waals surface area contributed by atoms with Crippen LogP contribution < -0.4 is 4.73 Å². The zero-order valence-corrected chi connectivity index (χ0v) is 9.03. The van der Waals surface area contributed by atoms with Gasteiger partial charge >= 0.3 is 5.97 Å². The number of ether oxygens (including phenoxy) is 1. The molecule has 1 aromatic heterocycles. The Kier molecular flexibility index (Phi) is 4.09. The number of carbonyl (C=O) groups excluding carboxylic acids is 1. The molecule has 4 nitrogen and oxygen atoms in total. The smallest absolute Gasteiger partial charge is 0.306 e. The van der Waals surface area contributed by atoms with Crippen molar-refractivity contribution in [3.8, 4) is 0 Å². The lowest BCUT2D eigenvalue weighted by molar-refractivity contribution is -0.612. The van der Waals surface area contributed by atoms with Gasteiger partial charge in [-0.2, -0.15) is 4.73 Å². The Morgan fingerprint density at radius 2 is 2.27 bits per heavy atom. The SMILES string of the molecule is CCOC(=O)CCc1ccc(C)[n+]([O-])c1. The van der Waals surface area contributed by atoms with Crippen molar-refractivity contribution in [1.29, 1.82) is 0 Å². The third-order valence-electron chi connectivity index (χ3n) is 2.09. The summed E-state index contributed by atoms with van der Waals surface area (Å²) < 4.78 is 5.60. The van der Waals surface area contributed by atoms with E-state index < -0.39 is 0 Å². The number of nitrogens with zero attached hydrogens (tertiary/aromatic N) is 1. The van der Waals surface area contributed by atoms with Crippen molar-refractivity contribution in [1.82, 2.24) is 0 Å². The molecule has 4 heteroatoms. The van der Waals surface area contributed by atoms with Gasteiger partial charge in [-0.05, 0) is 19.4 Å². The number of carbonyl (C=O) groups is 1. The van der Waals surface area contributed by atoms with Crippen molar-refractivity contribution in [2.45, 2.75) is 26.7 Å². The topological polar surface area (TPSA) is 53.2 Å². The van der Waals surface area contributed by atoms with Crippen LogP contribution >= 0.6 is 0 Å². The summed E-state index contributed by atoms with van der Waals surface area (Å²) in [5, 5.41) is 11.2. The molecule has 15 heavy (non-hydrogen) atoms. The van der Waals surface area contributed by atoms with E-state index in [4.69, 9.17) is 4.74 Å². The summed E-state index contributed by atoms with van der Waals surface area (Å²) in [7, 11) is 0. The lowest BCUT2D eigenvalue weighted by Gasteiger charge is -2.04. The van der Waals surface area contributed by atoms with Gasteiger partial charge in [-0.3, -0.25) is 4.79 Å². The number of rotatable bonds is 4. The van der Waals surface area contributed by atoms with Crippen LogP contribution in [0.5, 0.6) is 0 Å². The highest BCUT2D eigenvalue weighted by Crippen LogP contribution is 2.02. The Balaban J connectivity index is 2.51. The van der Waals surface area contributed by atoms with Gasteiger partial charge in [0.05, 0.1) is 6.61 Å². The third-order valence-corrected chi connectivity index (χ3v) is 2.09. The maximum absolute atomic E-state index is 11.2. The Morgan fingerprint density at radius 1 is 1.53 bits per heavy atom. The summed E-state index contributed by atoms with van der Waals surface area (Å²) in [4.78, 5) is 11.1. The molecule has 0 fully saturated rings. The van der Waals surface area contributed by atoms with Gasteiger partial charge in [0.25, 0.3) is 0 Å². The zero-order chi connectivity index (χ0) is 11.3. The standard InChI is InChI=1S/C11H15NO3/c1-3-15-11(13)7-6-10-5-4-9(2)12(14)8-10/h4-5,8H,3,6-7H2,1-2H3. The van der Waals surface area contributed by atoms with Crippen molar-refractivity contribution >= 4 is 5.97 Å². The molecule has 0 bridgehead atoms. The highest BCUT2D eigenvalue weighted by molar-refractivity contribution is 5.69. The third kappa shape index (κ3) is 3.58. The van der Waals surface area contributed by atoms with E-state index in [1.165, 1.54) is 6.20 Å². The number of hydrogen-bond acceptors (Lipinski definition) is 3. The average molecular weight is 209 g/mol. The van der Waals surface area contributed by atoms with Gasteiger partial charge in [-0.1, -0.05) is 0 Å². The molecule has 82 valence electrons. The van der Waals surface area contributed by atoms with Gasteiger partial charge in [0.2, 0.25) is 0 Å². The predicted octanol–water partition coefficient (Wildman–Crippen LogP) is 1.12. The summed E-state index contributed by atoms with van der Waals surface area (Å²) >= 11 is 0. The Labute approximate surface area is 89.1 Å². The van der Waals surface area contributed by atoms with Crippen molar-refractivity contribution < 1.29 is 14.3 Å². The van der Waals surface area contributed by atoms with E-state index in [9.17, 15) is 10.0 Å². The van der Waals surface area contributed by atoms with Crippen LogP contribution in [0.4, 0.5) is 0 Å². The lowest BCUT2D eigenvalue weighted by atomic mass is 10.1.